The topological polar surface area (TPSA) is 20.3 Å². The molecule has 114 valence electrons. The molecule has 0 aliphatic heterocycles. The van der Waals surface area contributed by atoms with Crippen molar-refractivity contribution in [2.75, 3.05) is 6.54 Å². The number of carbonyl (C=O) groups excluding carboxylic acids is 1. The van der Waals surface area contributed by atoms with E-state index in [0.29, 0.717) is 6.54 Å². The Labute approximate surface area is 133 Å². The van der Waals surface area contributed by atoms with Crippen LogP contribution < -0.4 is 0 Å². The lowest BCUT2D eigenvalue weighted by molar-refractivity contribution is -0.126. The number of benzene rings is 2. The maximum atomic E-state index is 12.5. The first kappa shape index (κ1) is 16.0. The van der Waals surface area contributed by atoms with Crippen LogP contribution in [0.5, 0.6) is 0 Å². The number of hydrogen-bond donors (Lipinski definition) is 0. The smallest absolute Gasteiger partial charge is 0.246 e. The molecule has 0 spiro atoms. The van der Waals surface area contributed by atoms with E-state index in [9.17, 15) is 4.79 Å². The fourth-order valence-electron chi connectivity index (χ4n) is 2.26. The largest absolute Gasteiger partial charge is 0.335 e. The van der Waals surface area contributed by atoms with Gasteiger partial charge in [0.1, 0.15) is 0 Å². The molecule has 0 heterocycles. The maximum absolute atomic E-state index is 12.5. The number of unbranched alkanes of at least 4 members (excludes halogenated alkanes) is 1. The SMILES string of the molecule is CCCCN(Cc1ccccc1)C(=O)/C=C/c1ccccc1. The minimum absolute atomic E-state index is 0.0705. The normalized spacial score (nSPS) is 10.8. The van der Waals surface area contributed by atoms with E-state index in [-0.39, 0.29) is 5.91 Å². The van der Waals surface area contributed by atoms with Gasteiger partial charge < -0.3 is 4.90 Å². The zero-order valence-corrected chi connectivity index (χ0v) is 13.1. The highest BCUT2D eigenvalue weighted by Gasteiger charge is 2.10. The van der Waals surface area contributed by atoms with E-state index in [1.54, 1.807) is 6.08 Å². The first-order valence-electron chi connectivity index (χ1n) is 7.85. The number of nitrogens with zero attached hydrogens (tertiary/aromatic N) is 1. The van der Waals surface area contributed by atoms with Gasteiger partial charge in [0, 0.05) is 19.2 Å². The van der Waals surface area contributed by atoms with Crippen molar-refractivity contribution in [3.63, 3.8) is 0 Å². The summed E-state index contributed by atoms with van der Waals surface area (Å²) in [6.07, 6.45) is 5.67. The second-order valence-corrected chi connectivity index (χ2v) is 5.34. The Kier molecular flexibility index (Phi) is 6.43. The molecule has 0 radical (unpaired) electrons. The molecule has 22 heavy (non-hydrogen) atoms. The molecule has 0 fully saturated rings. The molecule has 2 aromatic carbocycles. The third-order valence-corrected chi connectivity index (χ3v) is 3.53. The van der Waals surface area contributed by atoms with Crippen LogP contribution in [0.1, 0.15) is 30.9 Å². The van der Waals surface area contributed by atoms with Gasteiger partial charge >= 0.3 is 0 Å². The molecule has 0 aliphatic rings. The van der Waals surface area contributed by atoms with Crippen molar-refractivity contribution in [1.29, 1.82) is 0 Å². The van der Waals surface area contributed by atoms with Crippen LogP contribution in [-0.4, -0.2) is 17.4 Å². The van der Waals surface area contributed by atoms with E-state index < -0.39 is 0 Å². The second kappa shape index (κ2) is 8.83. The Hall–Kier alpha value is -2.35. The van der Waals surface area contributed by atoms with Gasteiger partial charge in [0.25, 0.3) is 0 Å². The zero-order chi connectivity index (χ0) is 15.6. The average Bonchev–Trinajstić information content (AvgIpc) is 2.58. The van der Waals surface area contributed by atoms with E-state index in [1.165, 1.54) is 5.56 Å². The molecule has 2 aromatic rings. The second-order valence-electron chi connectivity index (χ2n) is 5.34. The fraction of sp³-hybridized carbons (Fsp3) is 0.250. The minimum atomic E-state index is 0.0705. The van der Waals surface area contributed by atoms with Crippen molar-refractivity contribution in [2.24, 2.45) is 0 Å². The predicted molar refractivity (Wildman–Crippen MR) is 92.2 cm³/mol. The van der Waals surface area contributed by atoms with Crippen LogP contribution in [0.4, 0.5) is 0 Å². The van der Waals surface area contributed by atoms with E-state index in [2.05, 4.69) is 19.1 Å². The lowest BCUT2D eigenvalue weighted by Gasteiger charge is -2.21. The highest BCUT2D eigenvalue weighted by atomic mass is 16.2. The van der Waals surface area contributed by atoms with Crippen molar-refractivity contribution in [3.8, 4) is 0 Å². The van der Waals surface area contributed by atoms with E-state index >= 15 is 0 Å². The molecule has 0 atom stereocenters. The van der Waals surface area contributed by atoms with Crippen molar-refractivity contribution >= 4 is 12.0 Å². The summed E-state index contributed by atoms with van der Waals surface area (Å²) in [6.45, 7) is 3.60. The van der Waals surface area contributed by atoms with Crippen molar-refractivity contribution in [1.82, 2.24) is 4.90 Å². The summed E-state index contributed by atoms with van der Waals surface area (Å²) in [5.74, 6) is 0.0705. The van der Waals surface area contributed by atoms with Crippen molar-refractivity contribution in [3.05, 3.63) is 77.9 Å². The summed E-state index contributed by atoms with van der Waals surface area (Å²) in [5, 5.41) is 0. The lowest BCUT2D eigenvalue weighted by atomic mass is 10.2. The van der Waals surface area contributed by atoms with Gasteiger partial charge in [-0.1, -0.05) is 74.0 Å². The van der Waals surface area contributed by atoms with Gasteiger partial charge in [-0.25, -0.2) is 0 Å². The number of rotatable bonds is 7. The minimum Gasteiger partial charge on any atom is -0.335 e. The molecule has 0 N–H and O–H groups in total. The monoisotopic (exact) mass is 293 g/mol. The zero-order valence-electron chi connectivity index (χ0n) is 13.1. The van der Waals surface area contributed by atoms with Crippen molar-refractivity contribution in [2.45, 2.75) is 26.3 Å². The summed E-state index contributed by atoms with van der Waals surface area (Å²) in [4.78, 5) is 14.4. The van der Waals surface area contributed by atoms with Gasteiger partial charge in [-0.15, -0.1) is 0 Å². The molecule has 2 nitrogen and oxygen atoms in total. The van der Waals surface area contributed by atoms with Crippen molar-refractivity contribution < 1.29 is 4.79 Å². The average molecular weight is 293 g/mol. The molecule has 0 aromatic heterocycles. The molecule has 0 bridgehead atoms. The van der Waals surface area contributed by atoms with Gasteiger partial charge in [0.05, 0.1) is 0 Å². The predicted octanol–water partition coefficient (Wildman–Crippen LogP) is 4.53. The first-order chi connectivity index (χ1) is 10.8. The Morgan fingerprint density at radius 3 is 2.27 bits per heavy atom. The van der Waals surface area contributed by atoms with Crippen LogP contribution >= 0.6 is 0 Å². The maximum Gasteiger partial charge on any atom is 0.246 e. The molecule has 0 unspecified atom stereocenters. The molecule has 0 saturated heterocycles. The summed E-state index contributed by atoms with van der Waals surface area (Å²) in [6, 6.07) is 20.1. The number of hydrogen-bond acceptors (Lipinski definition) is 1. The summed E-state index contributed by atoms with van der Waals surface area (Å²) in [7, 11) is 0. The Balaban J connectivity index is 2.04. The van der Waals surface area contributed by atoms with Crippen LogP contribution in [0.3, 0.4) is 0 Å². The van der Waals surface area contributed by atoms with Gasteiger partial charge in [-0.3, -0.25) is 4.79 Å². The third kappa shape index (κ3) is 5.21. The molecule has 2 rings (SSSR count). The Morgan fingerprint density at radius 1 is 1.00 bits per heavy atom. The molecule has 0 aliphatic carbocycles. The molecule has 2 heteroatoms. The van der Waals surface area contributed by atoms with Gasteiger partial charge in [0.15, 0.2) is 0 Å². The lowest BCUT2D eigenvalue weighted by Crippen LogP contribution is -2.29. The third-order valence-electron chi connectivity index (χ3n) is 3.53. The highest BCUT2D eigenvalue weighted by molar-refractivity contribution is 5.91. The number of amides is 1. The number of carbonyl (C=O) groups is 1. The van der Waals surface area contributed by atoms with Gasteiger partial charge in [0.2, 0.25) is 5.91 Å². The quantitative estimate of drug-likeness (QED) is 0.687. The van der Waals surface area contributed by atoms with E-state index in [0.717, 1.165) is 24.9 Å². The summed E-state index contributed by atoms with van der Waals surface area (Å²) >= 11 is 0. The van der Waals surface area contributed by atoms with Gasteiger partial charge in [-0.05, 0) is 23.6 Å². The summed E-state index contributed by atoms with van der Waals surface area (Å²) in [5.41, 5.74) is 2.21. The van der Waals surface area contributed by atoms with Crippen LogP contribution in [0, 0.1) is 0 Å². The molecular formula is C20H23NO. The van der Waals surface area contributed by atoms with Crippen LogP contribution in [-0.2, 0) is 11.3 Å². The standard InChI is InChI=1S/C20H23NO/c1-2-3-16-21(17-19-12-8-5-9-13-19)20(22)15-14-18-10-6-4-7-11-18/h4-15H,2-3,16-17H2,1H3/b15-14+. The highest BCUT2D eigenvalue weighted by Crippen LogP contribution is 2.08. The van der Waals surface area contributed by atoms with E-state index in [1.807, 2.05) is 59.5 Å². The Morgan fingerprint density at radius 2 is 1.64 bits per heavy atom. The van der Waals surface area contributed by atoms with Gasteiger partial charge in [-0.2, -0.15) is 0 Å². The molecule has 0 saturated carbocycles. The van der Waals surface area contributed by atoms with Crippen LogP contribution in [0.25, 0.3) is 6.08 Å². The summed E-state index contributed by atoms with van der Waals surface area (Å²) < 4.78 is 0. The fourth-order valence-corrected chi connectivity index (χ4v) is 2.26. The molecule has 1 amide bonds. The molecular weight excluding hydrogens is 270 g/mol. The van der Waals surface area contributed by atoms with E-state index in [4.69, 9.17) is 0 Å². The van der Waals surface area contributed by atoms with Crippen LogP contribution in [0.15, 0.2) is 66.7 Å². The van der Waals surface area contributed by atoms with Crippen LogP contribution in [0.2, 0.25) is 0 Å². The Bertz CT molecular complexity index is 590. The first-order valence-corrected chi connectivity index (χ1v) is 7.85.